The van der Waals surface area contributed by atoms with E-state index in [1.807, 2.05) is 0 Å². The molecule has 3 rings (SSSR count). The predicted octanol–water partition coefficient (Wildman–Crippen LogP) is 1.11. The molecule has 0 amide bonds. The monoisotopic (exact) mass is 389 g/mol. The lowest BCUT2D eigenvalue weighted by molar-refractivity contribution is -0.149. The van der Waals surface area contributed by atoms with Gasteiger partial charge in [0, 0.05) is 6.20 Å². The number of halogens is 4. The van der Waals surface area contributed by atoms with Gasteiger partial charge in [-0.15, -0.1) is 5.10 Å². The molecule has 1 aliphatic rings. The quantitative estimate of drug-likeness (QED) is 0.749. The van der Waals surface area contributed by atoms with Crippen LogP contribution in [0, 0.1) is 0 Å². The first kappa shape index (κ1) is 18.1. The zero-order valence-corrected chi connectivity index (χ0v) is 13.8. The molecule has 0 aromatic carbocycles. The third-order valence-corrected chi connectivity index (χ3v) is 3.73. The average molecular weight is 390 g/mol. The number of pyridine rings is 1. The summed E-state index contributed by atoms with van der Waals surface area (Å²) in [6, 6.07) is 3.03. The fourth-order valence-electron chi connectivity index (χ4n) is 2.34. The number of tetrazole rings is 1. The first-order valence-electron chi connectivity index (χ1n) is 7.20. The van der Waals surface area contributed by atoms with E-state index in [1.54, 1.807) is 13.0 Å². The van der Waals surface area contributed by atoms with E-state index in [0.29, 0.717) is 4.68 Å². The molecule has 0 saturated heterocycles. The molecule has 1 unspecified atom stereocenters. The molecular formula is C13H11ClF3N7O2. The van der Waals surface area contributed by atoms with Crippen LogP contribution in [0.15, 0.2) is 24.4 Å². The average Bonchev–Trinajstić information content (AvgIpc) is 3.23. The Labute approximate surface area is 149 Å². The summed E-state index contributed by atoms with van der Waals surface area (Å²) in [6.45, 7) is 1.62. The van der Waals surface area contributed by atoms with Gasteiger partial charge in [0.15, 0.2) is 5.54 Å². The molecule has 0 saturated carbocycles. The van der Waals surface area contributed by atoms with Gasteiger partial charge in [-0.3, -0.25) is 4.98 Å². The van der Waals surface area contributed by atoms with Crippen molar-refractivity contribution in [2.45, 2.75) is 18.6 Å². The number of carbonyl (C=O) groups excluding carboxylic acids is 1. The zero-order valence-electron chi connectivity index (χ0n) is 13.1. The largest absolute Gasteiger partial charge is 0.464 e. The number of hydrogen-bond donors (Lipinski definition) is 2. The van der Waals surface area contributed by atoms with Gasteiger partial charge in [-0.2, -0.15) is 17.9 Å². The van der Waals surface area contributed by atoms with Crippen molar-refractivity contribution in [3.63, 3.8) is 0 Å². The summed E-state index contributed by atoms with van der Waals surface area (Å²) in [5, 5.41) is 9.41. The van der Waals surface area contributed by atoms with Gasteiger partial charge in [-0.25, -0.2) is 10.2 Å². The highest BCUT2D eigenvalue weighted by Crippen LogP contribution is 2.34. The van der Waals surface area contributed by atoms with Crippen LogP contribution in [-0.4, -0.2) is 37.8 Å². The van der Waals surface area contributed by atoms with Crippen LogP contribution >= 0.6 is 11.6 Å². The fourth-order valence-corrected chi connectivity index (χ4v) is 2.61. The van der Waals surface area contributed by atoms with Crippen LogP contribution in [0.2, 0.25) is 5.02 Å². The Bertz CT molecular complexity index is 869. The number of ether oxygens (including phenoxy) is 1. The van der Waals surface area contributed by atoms with Crippen molar-refractivity contribution in [3.05, 3.63) is 40.9 Å². The smallest absolute Gasteiger partial charge is 0.453 e. The van der Waals surface area contributed by atoms with Crippen molar-refractivity contribution in [1.82, 2.24) is 36.0 Å². The summed E-state index contributed by atoms with van der Waals surface area (Å²) < 4.78 is 44.5. The van der Waals surface area contributed by atoms with E-state index >= 15 is 0 Å². The molecule has 1 aliphatic heterocycles. The van der Waals surface area contributed by atoms with E-state index in [9.17, 15) is 18.0 Å². The number of hydrogen-bond acceptors (Lipinski definition) is 8. The van der Waals surface area contributed by atoms with E-state index in [2.05, 4.69) is 31.4 Å². The summed E-state index contributed by atoms with van der Waals surface area (Å²) in [5.74, 6) is -2.42. The zero-order chi connectivity index (χ0) is 18.9. The molecule has 2 N–H and O–H groups in total. The van der Waals surface area contributed by atoms with Gasteiger partial charge in [0.25, 0.3) is 5.82 Å². The predicted molar refractivity (Wildman–Crippen MR) is 80.9 cm³/mol. The highest BCUT2D eigenvalue weighted by molar-refractivity contribution is 6.31. The molecule has 138 valence electrons. The third-order valence-electron chi connectivity index (χ3n) is 3.42. The highest BCUT2D eigenvalue weighted by Gasteiger charge is 2.48. The van der Waals surface area contributed by atoms with Crippen molar-refractivity contribution in [2.75, 3.05) is 6.61 Å². The topological polar surface area (TPSA) is 107 Å². The first-order valence-corrected chi connectivity index (χ1v) is 7.57. The van der Waals surface area contributed by atoms with Gasteiger partial charge in [-0.1, -0.05) is 11.6 Å². The number of aromatic nitrogens is 5. The second kappa shape index (κ2) is 6.53. The van der Waals surface area contributed by atoms with E-state index in [-0.39, 0.29) is 23.1 Å². The maximum Gasteiger partial charge on any atom is 0.453 e. The van der Waals surface area contributed by atoms with Crippen molar-refractivity contribution < 1.29 is 22.7 Å². The van der Waals surface area contributed by atoms with Crippen LogP contribution in [-0.2, 0) is 21.2 Å². The molecule has 3 heterocycles. The summed E-state index contributed by atoms with van der Waals surface area (Å²) in [7, 11) is 0. The molecule has 1 atom stereocenters. The second-order valence-corrected chi connectivity index (χ2v) is 5.46. The van der Waals surface area contributed by atoms with Crippen LogP contribution in [0.25, 0.3) is 5.82 Å². The molecule has 26 heavy (non-hydrogen) atoms. The Morgan fingerprint density at radius 2 is 2.23 bits per heavy atom. The Morgan fingerprint density at radius 3 is 2.88 bits per heavy atom. The third kappa shape index (κ3) is 2.97. The standard InChI is InChI=1S/C13H11ClF3N7O2/c1-2-26-11(25)12(9-7(14)4-3-5-18-9)6-8(19-21-12)24-10(13(15,16)17)20-22-23-24/h3-6,19,21H,2H2,1H3. The van der Waals surface area contributed by atoms with Crippen LogP contribution < -0.4 is 10.9 Å². The van der Waals surface area contributed by atoms with Crippen LogP contribution in [0.1, 0.15) is 18.4 Å². The minimum Gasteiger partial charge on any atom is -0.464 e. The van der Waals surface area contributed by atoms with Gasteiger partial charge in [0.2, 0.25) is 0 Å². The van der Waals surface area contributed by atoms with Crippen molar-refractivity contribution in [1.29, 1.82) is 0 Å². The lowest BCUT2D eigenvalue weighted by Gasteiger charge is -2.24. The minimum absolute atomic E-state index is 0.0363. The summed E-state index contributed by atoms with van der Waals surface area (Å²) in [5.41, 5.74) is 3.32. The van der Waals surface area contributed by atoms with Crippen LogP contribution in [0.5, 0.6) is 0 Å². The number of carbonyl (C=O) groups is 1. The van der Waals surface area contributed by atoms with Gasteiger partial charge in [0.05, 0.1) is 17.3 Å². The van der Waals surface area contributed by atoms with Crippen LogP contribution in [0.4, 0.5) is 13.2 Å². The number of nitrogens with one attached hydrogen (secondary N) is 2. The Morgan fingerprint density at radius 1 is 1.46 bits per heavy atom. The van der Waals surface area contributed by atoms with Crippen molar-refractivity contribution >= 4 is 23.4 Å². The summed E-state index contributed by atoms with van der Waals surface area (Å²) in [4.78, 5) is 16.6. The molecule has 0 fully saturated rings. The minimum atomic E-state index is -4.80. The van der Waals surface area contributed by atoms with Crippen molar-refractivity contribution in [3.8, 4) is 0 Å². The van der Waals surface area contributed by atoms with E-state index in [1.165, 1.54) is 12.3 Å². The summed E-state index contributed by atoms with van der Waals surface area (Å²) in [6.07, 6.45) is -2.29. The first-order chi connectivity index (χ1) is 12.3. The number of nitrogens with zero attached hydrogens (tertiary/aromatic N) is 5. The maximum atomic E-state index is 13.0. The fraction of sp³-hybridized carbons (Fsp3) is 0.308. The molecule has 0 bridgehead atoms. The molecule has 0 aliphatic carbocycles. The van der Waals surface area contributed by atoms with E-state index < -0.39 is 23.5 Å². The van der Waals surface area contributed by atoms with Crippen molar-refractivity contribution in [2.24, 2.45) is 0 Å². The second-order valence-electron chi connectivity index (χ2n) is 5.05. The molecule has 2 aromatic heterocycles. The van der Waals surface area contributed by atoms with Gasteiger partial charge < -0.3 is 10.2 Å². The molecule has 9 nitrogen and oxygen atoms in total. The maximum absolute atomic E-state index is 13.0. The van der Waals surface area contributed by atoms with Gasteiger partial charge in [0.1, 0.15) is 5.82 Å². The molecular weight excluding hydrogens is 379 g/mol. The Balaban J connectivity index is 2.13. The molecule has 0 radical (unpaired) electrons. The van der Waals surface area contributed by atoms with Crippen LogP contribution in [0.3, 0.4) is 0 Å². The number of alkyl halides is 3. The highest BCUT2D eigenvalue weighted by atomic mass is 35.5. The molecule has 0 spiro atoms. The van der Waals surface area contributed by atoms with E-state index in [0.717, 1.165) is 6.08 Å². The molecule has 13 heteroatoms. The Kier molecular flexibility index (Phi) is 4.54. The normalized spacial score (nSPS) is 19.8. The number of rotatable bonds is 4. The Hall–Kier alpha value is -2.73. The lowest BCUT2D eigenvalue weighted by atomic mass is 9.95. The molecule has 2 aromatic rings. The van der Waals surface area contributed by atoms with Gasteiger partial charge in [-0.05, 0) is 35.6 Å². The lowest BCUT2D eigenvalue weighted by Crippen LogP contribution is -2.50. The van der Waals surface area contributed by atoms with E-state index in [4.69, 9.17) is 16.3 Å². The number of hydrazine groups is 1. The summed E-state index contributed by atoms with van der Waals surface area (Å²) >= 11 is 6.12. The van der Waals surface area contributed by atoms with Gasteiger partial charge >= 0.3 is 12.1 Å². The number of esters is 1. The SMILES string of the molecule is CCOC(=O)C1(c2ncccc2Cl)C=C(n2nnnc2C(F)(F)F)NN1.